The van der Waals surface area contributed by atoms with Crippen LogP contribution in [0.4, 0.5) is 5.69 Å². The molecule has 1 unspecified atom stereocenters. The van der Waals surface area contributed by atoms with E-state index < -0.39 is 15.9 Å². The fourth-order valence-electron chi connectivity index (χ4n) is 4.53. The molecule has 0 spiro atoms. The number of nitriles is 1. The van der Waals surface area contributed by atoms with E-state index in [1.54, 1.807) is 17.0 Å². The number of carbonyl (C=O) groups is 1. The summed E-state index contributed by atoms with van der Waals surface area (Å²) in [6.45, 7) is 6.02. The average Bonchev–Trinajstić information content (AvgIpc) is 3.11. The molecule has 2 heterocycles. The molecule has 1 aliphatic carbocycles. The van der Waals surface area contributed by atoms with Crippen molar-refractivity contribution in [3.8, 4) is 6.07 Å². The number of Topliss-reactive ketones (excluding diaryl/α,β-unsaturated/α-hetero) is 1. The lowest BCUT2D eigenvalue weighted by Gasteiger charge is -2.43. The summed E-state index contributed by atoms with van der Waals surface area (Å²) in [6, 6.07) is 10.2. The van der Waals surface area contributed by atoms with E-state index in [2.05, 4.69) is 6.07 Å². The third-order valence-corrected chi connectivity index (χ3v) is 7.98. The van der Waals surface area contributed by atoms with Crippen molar-refractivity contribution in [3.63, 3.8) is 0 Å². The first kappa shape index (κ1) is 22.3. The van der Waals surface area contributed by atoms with Gasteiger partial charge in [-0.1, -0.05) is 13.8 Å². The van der Waals surface area contributed by atoms with Crippen LogP contribution >= 0.6 is 11.3 Å². The summed E-state index contributed by atoms with van der Waals surface area (Å²) < 4.78 is 23.4. The Labute approximate surface area is 191 Å². The topological polar surface area (TPSA) is 130 Å². The Bertz CT molecular complexity index is 1330. The van der Waals surface area contributed by atoms with Gasteiger partial charge in [-0.15, -0.1) is 11.3 Å². The lowest BCUT2D eigenvalue weighted by molar-refractivity contribution is -0.118. The SMILES string of the molecule is Cc1ccsc1C1C(C#N)=C(N)N(c2ccc(S(N)(=O)=O)cc2)C2=C1C(=O)CC(C)(C)C2. The Kier molecular flexibility index (Phi) is 5.28. The molecular formula is C23H24N4O3S2. The van der Waals surface area contributed by atoms with E-state index in [4.69, 9.17) is 10.9 Å². The van der Waals surface area contributed by atoms with E-state index in [9.17, 15) is 18.5 Å². The molecule has 0 saturated carbocycles. The number of hydrogen-bond donors (Lipinski definition) is 2. The van der Waals surface area contributed by atoms with Crippen molar-refractivity contribution in [2.45, 2.75) is 44.4 Å². The predicted octanol–water partition coefficient (Wildman–Crippen LogP) is 3.64. The molecule has 7 nitrogen and oxygen atoms in total. The summed E-state index contributed by atoms with van der Waals surface area (Å²) in [5, 5.41) is 17.3. The third kappa shape index (κ3) is 3.64. The van der Waals surface area contributed by atoms with E-state index >= 15 is 0 Å². The number of hydrogen-bond acceptors (Lipinski definition) is 7. The Morgan fingerprint density at radius 2 is 1.84 bits per heavy atom. The van der Waals surface area contributed by atoms with Crippen molar-refractivity contribution in [2.24, 2.45) is 16.3 Å². The van der Waals surface area contributed by atoms with E-state index in [-0.39, 0.29) is 21.9 Å². The number of rotatable bonds is 3. The number of allylic oxidation sites excluding steroid dienone is 3. The van der Waals surface area contributed by atoms with Gasteiger partial charge in [0, 0.05) is 28.3 Å². The van der Waals surface area contributed by atoms with Crippen molar-refractivity contribution in [2.75, 3.05) is 4.90 Å². The fraction of sp³-hybridized carbons (Fsp3) is 0.304. The number of anilines is 1. The van der Waals surface area contributed by atoms with Crippen LogP contribution in [0.1, 0.15) is 43.0 Å². The lowest BCUT2D eigenvalue weighted by Crippen LogP contribution is -2.42. The van der Waals surface area contributed by atoms with Crippen LogP contribution in [0.2, 0.25) is 0 Å². The largest absolute Gasteiger partial charge is 0.384 e. The summed E-state index contributed by atoms with van der Waals surface area (Å²) in [6.07, 6.45) is 0.967. The number of ketones is 1. The smallest absolute Gasteiger partial charge is 0.238 e. The number of sulfonamides is 1. The van der Waals surface area contributed by atoms with Crippen LogP contribution in [0.5, 0.6) is 0 Å². The minimum absolute atomic E-state index is 0.000422. The minimum atomic E-state index is -3.85. The van der Waals surface area contributed by atoms with Gasteiger partial charge in [-0.05, 0) is 60.0 Å². The van der Waals surface area contributed by atoms with Gasteiger partial charge in [-0.25, -0.2) is 13.6 Å². The molecular weight excluding hydrogens is 444 g/mol. The molecule has 0 bridgehead atoms. The van der Waals surface area contributed by atoms with E-state index in [1.807, 2.05) is 32.2 Å². The number of carbonyl (C=O) groups excluding carboxylic acids is 1. The highest BCUT2D eigenvalue weighted by Gasteiger charge is 2.45. The van der Waals surface area contributed by atoms with Crippen molar-refractivity contribution in [1.82, 2.24) is 0 Å². The second-order valence-corrected chi connectivity index (χ2v) is 11.5. The number of benzene rings is 1. The van der Waals surface area contributed by atoms with Gasteiger partial charge in [0.1, 0.15) is 5.82 Å². The predicted molar refractivity (Wildman–Crippen MR) is 124 cm³/mol. The van der Waals surface area contributed by atoms with Gasteiger partial charge in [0.2, 0.25) is 10.0 Å². The van der Waals surface area contributed by atoms with Gasteiger partial charge >= 0.3 is 0 Å². The van der Waals surface area contributed by atoms with Crippen molar-refractivity contribution >= 4 is 32.8 Å². The van der Waals surface area contributed by atoms with Crippen LogP contribution < -0.4 is 15.8 Å². The number of nitrogens with two attached hydrogens (primary N) is 2. The Hall–Kier alpha value is -2.93. The monoisotopic (exact) mass is 468 g/mol. The first-order chi connectivity index (χ1) is 14.9. The molecule has 0 fully saturated rings. The zero-order valence-corrected chi connectivity index (χ0v) is 19.7. The second-order valence-electron chi connectivity index (χ2n) is 8.99. The molecule has 2 aliphatic rings. The minimum Gasteiger partial charge on any atom is -0.384 e. The van der Waals surface area contributed by atoms with E-state index in [0.29, 0.717) is 29.7 Å². The first-order valence-corrected chi connectivity index (χ1v) is 12.5. The zero-order valence-electron chi connectivity index (χ0n) is 18.0. The number of nitrogens with zero attached hydrogens (tertiary/aromatic N) is 2. The highest BCUT2D eigenvalue weighted by molar-refractivity contribution is 7.89. The molecule has 9 heteroatoms. The molecule has 0 saturated heterocycles. The molecule has 4 rings (SSSR count). The van der Waals surface area contributed by atoms with Crippen LogP contribution in [0, 0.1) is 23.7 Å². The van der Waals surface area contributed by atoms with Crippen molar-refractivity contribution < 1.29 is 13.2 Å². The summed E-state index contributed by atoms with van der Waals surface area (Å²) in [7, 11) is -3.85. The number of aryl methyl sites for hydroxylation is 1. The van der Waals surface area contributed by atoms with E-state index in [0.717, 1.165) is 16.1 Å². The van der Waals surface area contributed by atoms with Gasteiger partial charge in [0.15, 0.2) is 5.78 Å². The van der Waals surface area contributed by atoms with Crippen LogP contribution in [0.25, 0.3) is 0 Å². The Balaban J connectivity index is 1.97. The maximum absolute atomic E-state index is 13.4. The molecule has 1 atom stereocenters. The van der Waals surface area contributed by atoms with Crippen LogP contribution in [-0.4, -0.2) is 14.2 Å². The zero-order chi connectivity index (χ0) is 23.4. The Morgan fingerprint density at radius 1 is 1.19 bits per heavy atom. The summed E-state index contributed by atoms with van der Waals surface area (Å²) in [5.74, 6) is -0.253. The normalized spacial score (nSPS) is 20.9. The quantitative estimate of drug-likeness (QED) is 0.707. The van der Waals surface area contributed by atoms with Gasteiger partial charge in [0.25, 0.3) is 0 Å². The van der Waals surface area contributed by atoms with Crippen LogP contribution in [0.15, 0.2) is 63.3 Å². The molecule has 166 valence electrons. The molecule has 1 aromatic heterocycles. The number of primary sulfonamides is 1. The maximum Gasteiger partial charge on any atom is 0.238 e. The summed E-state index contributed by atoms with van der Waals surface area (Å²) in [5.41, 5.74) is 9.54. The van der Waals surface area contributed by atoms with Crippen molar-refractivity contribution in [3.05, 3.63) is 68.8 Å². The standard InChI is InChI=1S/C23H24N4O3S2/c1-13-8-9-31-21(13)19-16(12-24)22(25)27(14-4-6-15(7-5-14)32(26,29)30)17-10-23(2,3)11-18(28)20(17)19/h4-9,19H,10-11,25H2,1-3H3,(H2,26,29,30). The maximum atomic E-state index is 13.4. The van der Waals surface area contributed by atoms with E-state index in [1.165, 1.54) is 23.5 Å². The van der Waals surface area contributed by atoms with Gasteiger partial charge in [-0.2, -0.15) is 5.26 Å². The second kappa shape index (κ2) is 7.59. The first-order valence-electron chi connectivity index (χ1n) is 10.1. The third-order valence-electron chi connectivity index (χ3n) is 5.97. The molecule has 0 radical (unpaired) electrons. The molecule has 0 amide bonds. The lowest BCUT2D eigenvalue weighted by atomic mass is 9.69. The van der Waals surface area contributed by atoms with Gasteiger partial charge < -0.3 is 5.73 Å². The molecule has 4 N–H and O–H groups in total. The van der Waals surface area contributed by atoms with Crippen LogP contribution in [-0.2, 0) is 14.8 Å². The highest BCUT2D eigenvalue weighted by Crippen LogP contribution is 2.51. The molecule has 32 heavy (non-hydrogen) atoms. The molecule has 1 aromatic carbocycles. The van der Waals surface area contributed by atoms with Gasteiger partial charge in [-0.3, -0.25) is 9.69 Å². The summed E-state index contributed by atoms with van der Waals surface area (Å²) >= 11 is 1.51. The van der Waals surface area contributed by atoms with Crippen LogP contribution in [0.3, 0.4) is 0 Å². The van der Waals surface area contributed by atoms with Gasteiger partial charge in [0.05, 0.1) is 22.5 Å². The average molecular weight is 469 g/mol. The Morgan fingerprint density at radius 3 is 2.38 bits per heavy atom. The fourth-order valence-corrected chi connectivity index (χ4v) is 6.09. The molecule has 2 aromatic rings. The highest BCUT2D eigenvalue weighted by atomic mass is 32.2. The summed E-state index contributed by atoms with van der Waals surface area (Å²) in [4.78, 5) is 16.1. The van der Waals surface area contributed by atoms with Crippen molar-refractivity contribution in [1.29, 1.82) is 5.26 Å². The molecule has 1 aliphatic heterocycles. The number of thiophene rings is 1.